The molecule has 1 saturated carbocycles. The van der Waals surface area contributed by atoms with E-state index < -0.39 is 5.97 Å². The zero-order valence-corrected chi connectivity index (χ0v) is 14.5. The first kappa shape index (κ1) is 15.5. The Morgan fingerprint density at radius 2 is 1.69 bits per heavy atom. The summed E-state index contributed by atoms with van der Waals surface area (Å²) in [7, 11) is 0. The summed E-state index contributed by atoms with van der Waals surface area (Å²) in [5, 5.41) is 1.79. The maximum Gasteiger partial charge on any atom is 0.353 e. The first-order chi connectivity index (χ1) is 12.6. The van der Waals surface area contributed by atoms with Crippen molar-refractivity contribution < 1.29 is 19.1 Å². The first-order valence-corrected chi connectivity index (χ1v) is 9.44. The van der Waals surface area contributed by atoms with Crippen molar-refractivity contribution in [3.63, 3.8) is 0 Å². The standard InChI is InChI=1S/C20H15NO4S/c22-18-16-11-7-8-12(10-11)17(16)19(23)21(18)13-4-1-2-5-14(13)25-20(24)15-6-3-9-26-15/h1-9,11-12,16-17H,10H2/t11-,12+,16-,17+. The van der Waals surface area contributed by atoms with Gasteiger partial charge in [0, 0.05) is 0 Å². The topological polar surface area (TPSA) is 63.7 Å². The number of anilines is 1. The monoisotopic (exact) mass is 365 g/mol. The van der Waals surface area contributed by atoms with Crippen LogP contribution in [0.2, 0.25) is 0 Å². The first-order valence-electron chi connectivity index (χ1n) is 8.56. The Bertz CT molecular complexity index is 918. The number of para-hydroxylation sites is 2. The fourth-order valence-corrected chi connectivity index (χ4v) is 5.01. The molecule has 2 fully saturated rings. The number of hydrogen-bond donors (Lipinski definition) is 0. The highest BCUT2D eigenvalue weighted by molar-refractivity contribution is 7.12. The van der Waals surface area contributed by atoms with E-state index in [-0.39, 0.29) is 41.2 Å². The van der Waals surface area contributed by atoms with Crippen LogP contribution in [0, 0.1) is 23.7 Å². The lowest BCUT2D eigenvalue weighted by Gasteiger charge is -2.19. The number of esters is 1. The number of carbonyl (C=O) groups is 3. The number of fused-ring (bicyclic) bond motifs is 5. The van der Waals surface area contributed by atoms with Gasteiger partial charge >= 0.3 is 5.97 Å². The van der Waals surface area contributed by atoms with Gasteiger partial charge in [0.05, 0.1) is 17.5 Å². The van der Waals surface area contributed by atoms with Crippen LogP contribution < -0.4 is 9.64 Å². The second kappa shape index (κ2) is 5.64. The van der Waals surface area contributed by atoms with Crippen molar-refractivity contribution in [2.24, 2.45) is 23.7 Å². The molecule has 0 radical (unpaired) electrons. The summed E-state index contributed by atoms with van der Waals surface area (Å²) in [6.45, 7) is 0. The maximum absolute atomic E-state index is 13.0. The molecule has 2 amide bonds. The van der Waals surface area contributed by atoms with Crippen molar-refractivity contribution in [3.8, 4) is 5.75 Å². The molecular formula is C20H15NO4S. The van der Waals surface area contributed by atoms with Crippen LogP contribution in [-0.4, -0.2) is 17.8 Å². The number of thiophene rings is 1. The van der Waals surface area contributed by atoms with Crippen LogP contribution in [0.15, 0.2) is 53.9 Å². The summed E-state index contributed by atoms with van der Waals surface area (Å²) in [6.07, 6.45) is 5.00. The Kier molecular flexibility index (Phi) is 3.37. The highest BCUT2D eigenvalue weighted by Crippen LogP contribution is 2.53. The summed E-state index contributed by atoms with van der Waals surface area (Å²) in [5.74, 6) is -0.897. The van der Waals surface area contributed by atoms with Crippen LogP contribution in [0.25, 0.3) is 0 Å². The van der Waals surface area contributed by atoms with E-state index in [9.17, 15) is 14.4 Å². The van der Waals surface area contributed by atoms with E-state index in [1.54, 1.807) is 41.8 Å². The van der Waals surface area contributed by atoms with E-state index >= 15 is 0 Å². The molecule has 2 bridgehead atoms. The number of ether oxygens (including phenoxy) is 1. The lowest BCUT2D eigenvalue weighted by atomic mass is 9.85. The molecule has 2 aliphatic carbocycles. The Balaban J connectivity index is 1.49. The van der Waals surface area contributed by atoms with E-state index in [2.05, 4.69) is 12.2 Å². The average Bonchev–Trinajstić information content (AvgIpc) is 3.41. The Morgan fingerprint density at radius 3 is 2.35 bits per heavy atom. The van der Waals surface area contributed by atoms with Gasteiger partial charge < -0.3 is 4.74 Å². The van der Waals surface area contributed by atoms with Gasteiger partial charge in [-0.1, -0.05) is 30.4 Å². The van der Waals surface area contributed by atoms with Crippen LogP contribution >= 0.6 is 11.3 Å². The van der Waals surface area contributed by atoms with Gasteiger partial charge in [-0.2, -0.15) is 0 Å². The highest BCUT2D eigenvalue weighted by Gasteiger charge is 2.59. The number of rotatable bonds is 3. The van der Waals surface area contributed by atoms with Crippen molar-refractivity contribution in [2.45, 2.75) is 6.42 Å². The third-order valence-corrected chi connectivity index (χ3v) is 6.35. The van der Waals surface area contributed by atoms with E-state index in [0.29, 0.717) is 10.6 Å². The summed E-state index contributed by atoms with van der Waals surface area (Å²) in [6, 6.07) is 10.2. The summed E-state index contributed by atoms with van der Waals surface area (Å²) >= 11 is 1.28. The lowest BCUT2D eigenvalue weighted by Crippen LogP contribution is -2.33. The van der Waals surface area contributed by atoms with Gasteiger partial charge in [0.2, 0.25) is 11.8 Å². The minimum absolute atomic E-state index is 0.146. The van der Waals surface area contributed by atoms with Crippen molar-refractivity contribution in [1.82, 2.24) is 0 Å². The Hall–Kier alpha value is -2.73. The van der Waals surface area contributed by atoms with Crippen molar-refractivity contribution in [2.75, 3.05) is 4.90 Å². The predicted molar refractivity (Wildman–Crippen MR) is 95.9 cm³/mol. The molecule has 3 aliphatic rings. The number of amides is 2. The SMILES string of the molecule is O=C(Oc1ccccc1N1C(=O)[C@@H]2[C@H](C1=O)[C@@H]1C=C[C@H]2C1)c1cccs1. The molecule has 0 spiro atoms. The minimum atomic E-state index is -0.492. The van der Waals surface area contributed by atoms with Gasteiger partial charge in [-0.25, -0.2) is 9.69 Å². The van der Waals surface area contributed by atoms with E-state index in [4.69, 9.17) is 4.74 Å². The maximum atomic E-state index is 13.0. The second-order valence-corrected chi connectivity index (χ2v) is 7.79. The normalized spacial score (nSPS) is 28.7. The van der Waals surface area contributed by atoms with Crippen LogP contribution in [0.3, 0.4) is 0 Å². The number of imide groups is 1. The van der Waals surface area contributed by atoms with Crippen molar-refractivity contribution in [3.05, 3.63) is 58.8 Å². The van der Waals surface area contributed by atoms with E-state index in [0.717, 1.165) is 6.42 Å². The van der Waals surface area contributed by atoms with E-state index in [1.165, 1.54) is 16.2 Å². The summed E-state index contributed by atoms with van der Waals surface area (Å²) in [5.41, 5.74) is 0.348. The summed E-state index contributed by atoms with van der Waals surface area (Å²) in [4.78, 5) is 40.0. The van der Waals surface area contributed by atoms with Gasteiger partial charge in [-0.15, -0.1) is 11.3 Å². The van der Waals surface area contributed by atoms with Gasteiger partial charge in [0.1, 0.15) is 4.88 Å². The third kappa shape index (κ3) is 2.12. The molecule has 5 nitrogen and oxygen atoms in total. The van der Waals surface area contributed by atoms with Crippen LogP contribution in [0.4, 0.5) is 5.69 Å². The number of allylic oxidation sites excluding steroid dienone is 2. The fourth-order valence-electron chi connectivity index (χ4n) is 4.41. The fraction of sp³-hybridized carbons (Fsp3) is 0.250. The van der Waals surface area contributed by atoms with Crippen LogP contribution in [0.1, 0.15) is 16.1 Å². The molecule has 5 rings (SSSR count). The van der Waals surface area contributed by atoms with Crippen LogP contribution in [0.5, 0.6) is 5.75 Å². The molecular weight excluding hydrogens is 350 g/mol. The van der Waals surface area contributed by atoms with Crippen molar-refractivity contribution >= 4 is 34.8 Å². The number of carbonyl (C=O) groups excluding carboxylic acids is 3. The third-order valence-electron chi connectivity index (χ3n) is 5.50. The van der Waals surface area contributed by atoms with Crippen LogP contribution in [-0.2, 0) is 9.59 Å². The lowest BCUT2D eigenvalue weighted by molar-refractivity contribution is -0.123. The smallest absolute Gasteiger partial charge is 0.353 e. The zero-order chi connectivity index (χ0) is 17.8. The quantitative estimate of drug-likeness (QED) is 0.362. The zero-order valence-electron chi connectivity index (χ0n) is 13.7. The minimum Gasteiger partial charge on any atom is -0.420 e. The second-order valence-electron chi connectivity index (χ2n) is 6.85. The molecule has 2 aromatic rings. The molecule has 1 aromatic carbocycles. The molecule has 1 saturated heterocycles. The van der Waals surface area contributed by atoms with Gasteiger partial charge in [0.15, 0.2) is 5.75 Å². The molecule has 26 heavy (non-hydrogen) atoms. The molecule has 4 atom stereocenters. The molecule has 0 N–H and O–H groups in total. The Morgan fingerprint density at radius 1 is 1.00 bits per heavy atom. The van der Waals surface area contributed by atoms with Gasteiger partial charge in [0.25, 0.3) is 0 Å². The molecule has 1 aliphatic heterocycles. The largest absolute Gasteiger partial charge is 0.420 e. The molecule has 0 unspecified atom stereocenters. The van der Waals surface area contributed by atoms with Crippen molar-refractivity contribution in [1.29, 1.82) is 0 Å². The number of nitrogens with zero attached hydrogens (tertiary/aromatic N) is 1. The average molecular weight is 365 g/mol. The van der Waals surface area contributed by atoms with E-state index in [1.807, 2.05) is 0 Å². The number of benzene rings is 1. The highest BCUT2D eigenvalue weighted by atomic mass is 32.1. The molecule has 6 heteroatoms. The predicted octanol–water partition coefficient (Wildman–Crippen LogP) is 3.28. The molecule has 1 aromatic heterocycles. The molecule has 2 heterocycles. The van der Waals surface area contributed by atoms with Gasteiger partial charge in [-0.05, 0) is 41.8 Å². The Labute approximate surface area is 153 Å². The summed E-state index contributed by atoms with van der Waals surface area (Å²) < 4.78 is 5.50. The number of hydrogen-bond acceptors (Lipinski definition) is 5. The van der Waals surface area contributed by atoms with Gasteiger partial charge in [-0.3, -0.25) is 9.59 Å². The molecule has 130 valence electrons.